The van der Waals surface area contributed by atoms with E-state index in [9.17, 15) is 14.4 Å². The molecule has 0 radical (unpaired) electrons. The Hall–Kier alpha value is -4.02. The molecule has 0 bridgehead atoms. The smallest absolute Gasteiger partial charge is 0.407 e. The molecule has 3 aromatic rings. The topological polar surface area (TPSA) is 117 Å². The maximum Gasteiger partial charge on any atom is 0.407 e. The van der Waals surface area contributed by atoms with Gasteiger partial charge in [0.25, 0.3) is 5.91 Å². The molecular formula is C31H39N5O6. The summed E-state index contributed by atoms with van der Waals surface area (Å²) in [4.78, 5) is 45.5. The summed E-state index contributed by atoms with van der Waals surface area (Å²) < 4.78 is 20.8. The maximum atomic E-state index is 13.7. The van der Waals surface area contributed by atoms with Crippen molar-refractivity contribution in [1.29, 1.82) is 0 Å². The third-order valence-corrected chi connectivity index (χ3v) is 8.16. The molecule has 2 aromatic heterocycles. The van der Waals surface area contributed by atoms with Crippen molar-refractivity contribution in [3.05, 3.63) is 35.0 Å². The second-order valence-corrected chi connectivity index (χ2v) is 12.7. The molecule has 11 heteroatoms. The largest absolute Gasteiger partial charge is 0.494 e. The van der Waals surface area contributed by atoms with Crippen LogP contribution in [0.25, 0.3) is 22.6 Å². The normalized spacial score (nSPS) is 18.9. The van der Waals surface area contributed by atoms with E-state index in [1.165, 1.54) is 0 Å². The number of alkyl carbamates (subject to hydrolysis) is 1. The van der Waals surface area contributed by atoms with Gasteiger partial charge in [-0.1, -0.05) is 0 Å². The van der Waals surface area contributed by atoms with Crippen molar-refractivity contribution < 1.29 is 28.6 Å². The molecule has 4 heterocycles. The summed E-state index contributed by atoms with van der Waals surface area (Å²) in [6, 6.07) is 5.60. The van der Waals surface area contributed by atoms with Crippen LogP contribution in [0.1, 0.15) is 72.9 Å². The minimum atomic E-state index is -0.479. The molecule has 1 aromatic carbocycles. The molecule has 0 spiro atoms. The number of carbonyl (C=O) groups is 3. The molecule has 3 aliphatic rings. The summed E-state index contributed by atoms with van der Waals surface area (Å²) in [6.45, 7) is 7.70. The van der Waals surface area contributed by atoms with Gasteiger partial charge in [0, 0.05) is 37.7 Å². The van der Waals surface area contributed by atoms with Gasteiger partial charge in [-0.2, -0.15) is 0 Å². The molecule has 11 nitrogen and oxygen atoms in total. The molecule has 1 atom stereocenters. The van der Waals surface area contributed by atoms with Gasteiger partial charge in [0.05, 0.1) is 31.5 Å². The number of methoxy groups -OCH3 is 1. The molecule has 42 heavy (non-hydrogen) atoms. The van der Waals surface area contributed by atoms with Crippen molar-refractivity contribution in [2.24, 2.45) is 13.0 Å². The van der Waals surface area contributed by atoms with Gasteiger partial charge in [0.15, 0.2) is 5.82 Å². The number of aromatic nitrogens is 3. The van der Waals surface area contributed by atoms with Gasteiger partial charge >= 0.3 is 12.1 Å². The van der Waals surface area contributed by atoms with Gasteiger partial charge in [-0.25, -0.2) is 14.6 Å². The highest BCUT2D eigenvalue weighted by atomic mass is 16.6. The fraction of sp³-hybridized carbons (Fsp3) is 0.548. The lowest BCUT2D eigenvalue weighted by Crippen LogP contribution is -2.47. The standard InChI is InChI=1S/C31H39N5O6/c1-31(2,3)33-30(39)42-21-7-6-11-35(17-21)28(37)20-13-22-26(24(15-20)40-5)34(4)27(32-22)23-14-19-10-12-41-29(38)25(19)36(23)16-18-8-9-18/h13-15,18,21H,6-12,16-17H2,1-5H3,(H,33,39)/t21-/m1/s1. The summed E-state index contributed by atoms with van der Waals surface area (Å²) in [5, 5.41) is 2.82. The van der Waals surface area contributed by atoms with Crippen LogP contribution < -0.4 is 10.1 Å². The monoisotopic (exact) mass is 577 g/mol. The van der Waals surface area contributed by atoms with Crippen LogP contribution in [0.4, 0.5) is 4.79 Å². The Balaban J connectivity index is 1.31. The first-order valence-corrected chi connectivity index (χ1v) is 14.7. The molecule has 1 saturated heterocycles. The van der Waals surface area contributed by atoms with Crippen molar-refractivity contribution in [3.63, 3.8) is 0 Å². The number of likely N-dealkylation sites (tertiary alicyclic amines) is 1. The van der Waals surface area contributed by atoms with Gasteiger partial charge in [-0.15, -0.1) is 0 Å². The molecule has 224 valence electrons. The highest BCUT2D eigenvalue weighted by Gasteiger charge is 2.33. The third-order valence-electron chi connectivity index (χ3n) is 8.16. The zero-order valence-electron chi connectivity index (χ0n) is 25.0. The molecule has 2 amide bonds. The second-order valence-electron chi connectivity index (χ2n) is 12.7. The lowest BCUT2D eigenvalue weighted by molar-refractivity contribution is 0.0322. The Labute approximate surface area is 245 Å². The van der Waals surface area contributed by atoms with E-state index >= 15 is 0 Å². The van der Waals surface area contributed by atoms with Crippen LogP contribution >= 0.6 is 0 Å². The second kappa shape index (κ2) is 10.7. The Morgan fingerprint density at radius 2 is 1.95 bits per heavy atom. The van der Waals surface area contributed by atoms with Crippen LogP contribution in [-0.4, -0.2) is 75.4 Å². The minimum absolute atomic E-state index is 0.165. The van der Waals surface area contributed by atoms with Crippen LogP contribution in [-0.2, 0) is 29.5 Å². The highest BCUT2D eigenvalue weighted by Crippen LogP contribution is 2.38. The van der Waals surface area contributed by atoms with E-state index in [2.05, 4.69) is 16.0 Å². The van der Waals surface area contributed by atoms with E-state index in [4.69, 9.17) is 19.2 Å². The van der Waals surface area contributed by atoms with Crippen LogP contribution in [0.5, 0.6) is 5.75 Å². The number of rotatable bonds is 6. The number of cyclic esters (lactones) is 1. The average Bonchev–Trinajstić information content (AvgIpc) is 3.59. The molecule has 2 aliphatic heterocycles. The lowest BCUT2D eigenvalue weighted by atomic mass is 10.1. The van der Waals surface area contributed by atoms with Gasteiger partial charge in [0.2, 0.25) is 0 Å². The van der Waals surface area contributed by atoms with Crippen molar-refractivity contribution in [3.8, 4) is 17.3 Å². The first-order valence-electron chi connectivity index (χ1n) is 14.7. The zero-order valence-corrected chi connectivity index (χ0v) is 25.0. The SMILES string of the molecule is COc1cc(C(=O)N2CCC[C@@H](OC(=O)NC(C)(C)C)C2)cc2nc(-c3cc4c(n3CC3CC3)C(=O)OCC4)n(C)c12. The summed E-state index contributed by atoms with van der Waals surface area (Å²) in [5.41, 5.74) is 3.92. The molecular weight excluding hydrogens is 538 g/mol. The average molecular weight is 578 g/mol. The number of benzene rings is 1. The number of hydrogen-bond acceptors (Lipinski definition) is 7. The fourth-order valence-corrected chi connectivity index (χ4v) is 6.00. The van der Waals surface area contributed by atoms with E-state index in [-0.39, 0.29) is 18.0 Å². The van der Waals surface area contributed by atoms with Crippen LogP contribution in [0, 0.1) is 5.92 Å². The summed E-state index contributed by atoms with van der Waals surface area (Å²) in [6.07, 6.45) is 3.54. The van der Waals surface area contributed by atoms with Crippen LogP contribution in [0.3, 0.4) is 0 Å². The molecule has 1 N–H and O–H groups in total. The predicted molar refractivity (Wildman–Crippen MR) is 156 cm³/mol. The molecule has 1 saturated carbocycles. The minimum Gasteiger partial charge on any atom is -0.494 e. The van der Waals surface area contributed by atoms with Crippen molar-refractivity contribution >= 4 is 29.0 Å². The maximum absolute atomic E-state index is 13.7. The predicted octanol–water partition coefficient (Wildman–Crippen LogP) is 4.30. The van der Waals surface area contributed by atoms with E-state index in [0.29, 0.717) is 66.8 Å². The first kappa shape index (κ1) is 28.1. The number of imidazole rings is 1. The Kier molecular flexibility index (Phi) is 7.14. The van der Waals surface area contributed by atoms with Crippen molar-refractivity contribution in [1.82, 2.24) is 24.3 Å². The summed E-state index contributed by atoms with van der Waals surface area (Å²) in [5.74, 6) is 1.33. The van der Waals surface area contributed by atoms with Crippen LogP contribution in [0.15, 0.2) is 18.2 Å². The number of aryl methyl sites for hydroxylation is 1. The van der Waals surface area contributed by atoms with E-state index < -0.39 is 11.6 Å². The van der Waals surface area contributed by atoms with Gasteiger partial charge in [-0.05, 0) is 76.1 Å². The number of hydrogen-bond donors (Lipinski definition) is 1. The number of fused-ring (bicyclic) bond motifs is 2. The third kappa shape index (κ3) is 5.44. The van der Waals surface area contributed by atoms with Crippen molar-refractivity contribution in [2.45, 2.75) is 71.1 Å². The van der Waals surface area contributed by atoms with Gasteiger partial charge in [0.1, 0.15) is 23.1 Å². The molecule has 0 unspecified atom stereocenters. The Bertz CT molecular complexity index is 1560. The number of piperidine rings is 1. The van der Waals surface area contributed by atoms with Crippen LogP contribution in [0.2, 0.25) is 0 Å². The van der Waals surface area contributed by atoms with E-state index in [1.54, 1.807) is 24.1 Å². The Morgan fingerprint density at radius 3 is 2.67 bits per heavy atom. The quantitative estimate of drug-likeness (QED) is 0.434. The van der Waals surface area contributed by atoms with Crippen molar-refractivity contribution in [2.75, 3.05) is 26.8 Å². The number of esters is 1. The number of amides is 2. The first-order chi connectivity index (χ1) is 20.0. The molecule has 1 aliphatic carbocycles. The highest BCUT2D eigenvalue weighted by molar-refractivity contribution is 6.00. The molecule has 2 fully saturated rings. The number of ether oxygens (including phenoxy) is 3. The zero-order chi connectivity index (χ0) is 29.8. The van der Waals surface area contributed by atoms with Gasteiger partial charge < -0.3 is 33.6 Å². The lowest BCUT2D eigenvalue weighted by Gasteiger charge is -2.33. The number of nitrogens with one attached hydrogen (secondary N) is 1. The number of carbonyl (C=O) groups excluding carboxylic acids is 3. The van der Waals surface area contributed by atoms with E-state index in [1.807, 2.05) is 32.4 Å². The fourth-order valence-electron chi connectivity index (χ4n) is 6.00. The molecule has 6 rings (SSSR count). The number of nitrogens with zero attached hydrogens (tertiary/aromatic N) is 4. The van der Waals surface area contributed by atoms with E-state index in [0.717, 1.165) is 42.6 Å². The van der Waals surface area contributed by atoms with Gasteiger partial charge in [-0.3, -0.25) is 4.79 Å². The summed E-state index contributed by atoms with van der Waals surface area (Å²) >= 11 is 0. The summed E-state index contributed by atoms with van der Waals surface area (Å²) in [7, 11) is 3.51. The Morgan fingerprint density at radius 1 is 1.17 bits per heavy atom.